The van der Waals surface area contributed by atoms with Crippen LogP contribution >= 0.6 is 15.9 Å². The Bertz CT molecular complexity index is 464. The summed E-state index contributed by atoms with van der Waals surface area (Å²) in [6.45, 7) is 3.15. The first kappa shape index (κ1) is 15.7. The van der Waals surface area contributed by atoms with E-state index in [0.29, 0.717) is 12.5 Å². The molecule has 1 fully saturated rings. The molecule has 1 unspecified atom stereocenters. The van der Waals surface area contributed by atoms with Crippen molar-refractivity contribution < 1.29 is 4.79 Å². The number of Topliss-reactive ketones (excluding diaryl/α,β-unsaturated/α-hetero) is 1. The molecule has 1 aromatic rings. The van der Waals surface area contributed by atoms with Crippen molar-refractivity contribution in [3.63, 3.8) is 0 Å². The normalized spacial score (nSPS) is 20.3. The average Bonchev–Trinajstić information content (AvgIpc) is 2.44. The lowest BCUT2D eigenvalue weighted by atomic mass is 10.0. The summed E-state index contributed by atoms with van der Waals surface area (Å²) >= 11 is 3.41. The second-order valence-corrected chi connectivity index (χ2v) is 6.64. The number of ketones is 1. The number of carbonyl (C=O) groups excluding carboxylic acids is 1. The van der Waals surface area contributed by atoms with E-state index < -0.39 is 0 Å². The van der Waals surface area contributed by atoms with Crippen LogP contribution in [0.4, 0.5) is 0 Å². The topological polar surface area (TPSA) is 23.6 Å². The SMILES string of the molecule is CN1CCCC(N(C)CCC(=O)c2cccc(Br)c2)C1. The maximum absolute atomic E-state index is 12.2. The van der Waals surface area contributed by atoms with Crippen molar-refractivity contribution in [3.8, 4) is 0 Å². The van der Waals surface area contributed by atoms with Crippen LogP contribution in [0.25, 0.3) is 0 Å². The van der Waals surface area contributed by atoms with Gasteiger partial charge in [-0.25, -0.2) is 0 Å². The zero-order chi connectivity index (χ0) is 14.5. The summed E-state index contributed by atoms with van der Waals surface area (Å²) in [6.07, 6.45) is 3.09. The molecular weight excluding hydrogens is 316 g/mol. The van der Waals surface area contributed by atoms with Gasteiger partial charge in [-0.2, -0.15) is 0 Å². The molecule has 0 N–H and O–H groups in total. The quantitative estimate of drug-likeness (QED) is 0.771. The molecule has 0 spiro atoms. The largest absolute Gasteiger partial charge is 0.305 e. The Hall–Kier alpha value is -0.710. The second-order valence-electron chi connectivity index (χ2n) is 5.72. The molecule has 0 aromatic heterocycles. The standard InChI is InChI=1S/C16H23BrN2O/c1-18-9-4-7-15(12-18)19(2)10-8-16(20)13-5-3-6-14(17)11-13/h3,5-6,11,15H,4,7-10,12H2,1-2H3. The number of hydrogen-bond acceptors (Lipinski definition) is 3. The van der Waals surface area contributed by atoms with Crippen LogP contribution < -0.4 is 0 Å². The van der Waals surface area contributed by atoms with Gasteiger partial charge in [0.05, 0.1) is 0 Å². The maximum Gasteiger partial charge on any atom is 0.164 e. The first-order chi connectivity index (χ1) is 9.56. The molecule has 2 rings (SSSR count). The monoisotopic (exact) mass is 338 g/mol. The average molecular weight is 339 g/mol. The molecule has 20 heavy (non-hydrogen) atoms. The lowest BCUT2D eigenvalue weighted by Crippen LogP contribution is -2.45. The second kappa shape index (κ2) is 7.34. The number of piperidine rings is 1. The summed E-state index contributed by atoms with van der Waals surface area (Å²) < 4.78 is 0.964. The van der Waals surface area contributed by atoms with Crippen LogP contribution in [-0.4, -0.2) is 55.4 Å². The Labute approximate surface area is 130 Å². The third-order valence-corrected chi connectivity index (χ3v) is 4.55. The van der Waals surface area contributed by atoms with Gasteiger partial charge >= 0.3 is 0 Å². The van der Waals surface area contributed by atoms with Crippen LogP contribution in [-0.2, 0) is 0 Å². The highest BCUT2D eigenvalue weighted by atomic mass is 79.9. The van der Waals surface area contributed by atoms with Crippen LogP contribution in [0, 0.1) is 0 Å². The number of likely N-dealkylation sites (N-methyl/N-ethyl adjacent to an activating group) is 2. The van der Waals surface area contributed by atoms with Gasteiger partial charge in [0.2, 0.25) is 0 Å². The zero-order valence-electron chi connectivity index (χ0n) is 12.3. The van der Waals surface area contributed by atoms with E-state index >= 15 is 0 Å². The third-order valence-electron chi connectivity index (χ3n) is 4.06. The summed E-state index contributed by atoms with van der Waals surface area (Å²) in [5.74, 6) is 0.224. The molecule has 0 radical (unpaired) electrons. The lowest BCUT2D eigenvalue weighted by Gasteiger charge is -2.35. The van der Waals surface area contributed by atoms with Gasteiger partial charge in [-0.3, -0.25) is 4.79 Å². The number of benzene rings is 1. The van der Waals surface area contributed by atoms with Crippen molar-refractivity contribution >= 4 is 21.7 Å². The molecule has 4 heteroatoms. The Kier molecular flexibility index (Phi) is 5.75. The highest BCUT2D eigenvalue weighted by Crippen LogP contribution is 2.16. The van der Waals surface area contributed by atoms with Gasteiger partial charge in [0.1, 0.15) is 0 Å². The third kappa shape index (κ3) is 4.40. The molecule has 0 saturated carbocycles. The summed E-state index contributed by atoms with van der Waals surface area (Å²) in [6, 6.07) is 8.24. The highest BCUT2D eigenvalue weighted by Gasteiger charge is 2.21. The molecule has 3 nitrogen and oxygen atoms in total. The Morgan fingerprint density at radius 1 is 1.50 bits per heavy atom. The predicted molar refractivity (Wildman–Crippen MR) is 86.2 cm³/mol. The molecular formula is C16H23BrN2O. The predicted octanol–water partition coefficient (Wildman–Crippen LogP) is 3.05. The number of nitrogens with zero attached hydrogens (tertiary/aromatic N) is 2. The van der Waals surface area contributed by atoms with E-state index in [1.54, 1.807) is 0 Å². The fourth-order valence-corrected chi connectivity index (χ4v) is 3.16. The van der Waals surface area contributed by atoms with E-state index in [1.165, 1.54) is 19.4 Å². The molecule has 1 saturated heterocycles. The van der Waals surface area contributed by atoms with Crippen LogP contribution in [0.1, 0.15) is 29.6 Å². The van der Waals surface area contributed by atoms with Crippen LogP contribution in [0.15, 0.2) is 28.7 Å². The van der Waals surface area contributed by atoms with Gasteiger partial charge in [-0.1, -0.05) is 28.1 Å². The van der Waals surface area contributed by atoms with Gasteiger partial charge in [0.25, 0.3) is 0 Å². The smallest absolute Gasteiger partial charge is 0.164 e. The molecule has 0 bridgehead atoms. The molecule has 1 heterocycles. The minimum absolute atomic E-state index is 0.224. The Morgan fingerprint density at radius 3 is 3.00 bits per heavy atom. The summed E-state index contributed by atoms with van der Waals surface area (Å²) in [4.78, 5) is 16.9. The minimum Gasteiger partial charge on any atom is -0.305 e. The molecule has 1 aliphatic rings. The lowest BCUT2D eigenvalue weighted by molar-refractivity contribution is 0.0931. The van der Waals surface area contributed by atoms with Gasteiger partial charge in [-0.15, -0.1) is 0 Å². The van der Waals surface area contributed by atoms with Crippen molar-refractivity contribution in [1.82, 2.24) is 9.80 Å². The van der Waals surface area contributed by atoms with E-state index in [9.17, 15) is 4.79 Å². The zero-order valence-corrected chi connectivity index (χ0v) is 13.9. The summed E-state index contributed by atoms with van der Waals surface area (Å²) in [5, 5.41) is 0. The number of halogens is 1. The Balaban J connectivity index is 1.83. The van der Waals surface area contributed by atoms with E-state index in [1.807, 2.05) is 24.3 Å². The molecule has 110 valence electrons. The first-order valence-corrected chi connectivity index (χ1v) is 8.03. The van der Waals surface area contributed by atoms with Crippen molar-refractivity contribution in [2.75, 3.05) is 33.7 Å². The fourth-order valence-electron chi connectivity index (χ4n) is 2.77. The molecule has 1 aromatic carbocycles. The van der Waals surface area contributed by atoms with E-state index in [0.717, 1.165) is 23.1 Å². The van der Waals surface area contributed by atoms with E-state index in [-0.39, 0.29) is 5.78 Å². The van der Waals surface area contributed by atoms with Gasteiger partial charge in [0.15, 0.2) is 5.78 Å². The van der Waals surface area contributed by atoms with Crippen molar-refractivity contribution in [2.45, 2.75) is 25.3 Å². The van der Waals surface area contributed by atoms with Gasteiger partial charge in [0, 0.05) is 35.6 Å². The minimum atomic E-state index is 0.224. The van der Waals surface area contributed by atoms with Crippen molar-refractivity contribution in [2.24, 2.45) is 0 Å². The van der Waals surface area contributed by atoms with Gasteiger partial charge in [-0.05, 0) is 45.6 Å². The highest BCUT2D eigenvalue weighted by molar-refractivity contribution is 9.10. The molecule has 1 atom stereocenters. The Morgan fingerprint density at radius 2 is 2.30 bits per heavy atom. The molecule has 1 aliphatic heterocycles. The van der Waals surface area contributed by atoms with Gasteiger partial charge < -0.3 is 9.80 Å². The van der Waals surface area contributed by atoms with Crippen LogP contribution in [0.2, 0.25) is 0 Å². The number of rotatable bonds is 5. The molecule has 0 aliphatic carbocycles. The summed E-state index contributed by atoms with van der Waals surface area (Å²) in [7, 11) is 4.31. The number of hydrogen-bond donors (Lipinski definition) is 0. The summed E-state index contributed by atoms with van der Waals surface area (Å²) in [5.41, 5.74) is 0.800. The van der Waals surface area contributed by atoms with Crippen LogP contribution in [0.5, 0.6) is 0 Å². The van der Waals surface area contributed by atoms with E-state index in [2.05, 4.69) is 39.8 Å². The number of likely N-dealkylation sites (tertiary alicyclic amines) is 1. The number of carbonyl (C=O) groups is 1. The fraction of sp³-hybridized carbons (Fsp3) is 0.562. The van der Waals surface area contributed by atoms with Crippen LogP contribution in [0.3, 0.4) is 0 Å². The van der Waals surface area contributed by atoms with E-state index in [4.69, 9.17) is 0 Å². The van der Waals surface area contributed by atoms with Crippen molar-refractivity contribution in [3.05, 3.63) is 34.3 Å². The first-order valence-electron chi connectivity index (χ1n) is 7.24. The molecule has 0 amide bonds. The maximum atomic E-state index is 12.2. The van der Waals surface area contributed by atoms with Crippen molar-refractivity contribution in [1.29, 1.82) is 0 Å².